The van der Waals surface area contributed by atoms with Crippen LogP contribution in [0.4, 0.5) is 0 Å². The number of hydrogen-bond donors (Lipinski definition) is 1. The third kappa shape index (κ3) is 2.86. The van der Waals surface area contributed by atoms with Crippen LogP contribution in [0.15, 0.2) is 12.3 Å². The van der Waals surface area contributed by atoms with E-state index in [0.29, 0.717) is 24.2 Å². The van der Waals surface area contributed by atoms with Crippen molar-refractivity contribution < 1.29 is 9.47 Å². The van der Waals surface area contributed by atoms with E-state index in [9.17, 15) is 0 Å². The highest BCUT2D eigenvalue weighted by Crippen LogP contribution is 2.13. The second-order valence-corrected chi connectivity index (χ2v) is 4.07. The first-order chi connectivity index (χ1) is 7.75. The van der Waals surface area contributed by atoms with E-state index in [-0.39, 0.29) is 4.99 Å². The molecule has 0 radical (unpaired) electrons. The minimum atomic E-state index is 0.247. The van der Waals surface area contributed by atoms with Gasteiger partial charge in [0.1, 0.15) is 10.7 Å². The van der Waals surface area contributed by atoms with E-state index in [0.717, 1.165) is 19.6 Å². The van der Waals surface area contributed by atoms with Crippen molar-refractivity contribution >= 4 is 17.2 Å². The Hall–Kier alpha value is -1.27. The summed E-state index contributed by atoms with van der Waals surface area (Å²) < 4.78 is 10.7. The molecule has 0 spiro atoms. The van der Waals surface area contributed by atoms with Gasteiger partial charge in [-0.15, -0.1) is 0 Å². The van der Waals surface area contributed by atoms with Gasteiger partial charge in [0.25, 0.3) is 0 Å². The van der Waals surface area contributed by atoms with Crippen molar-refractivity contribution in [2.75, 3.05) is 19.8 Å². The molecule has 0 saturated carbocycles. The van der Waals surface area contributed by atoms with E-state index in [2.05, 4.69) is 9.97 Å². The van der Waals surface area contributed by atoms with Crippen molar-refractivity contribution in [2.45, 2.75) is 6.42 Å². The Morgan fingerprint density at radius 2 is 2.56 bits per heavy atom. The zero-order valence-corrected chi connectivity index (χ0v) is 9.57. The molecule has 1 fully saturated rings. The molecule has 1 aliphatic rings. The fraction of sp³-hybridized carbons (Fsp3) is 0.500. The van der Waals surface area contributed by atoms with Gasteiger partial charge in [-0.2, -0.15) is 4.98 Å². The van der Waals surface area contributed by atoms with E-state index < -0.39 is 0 Å². The van der Waals surface area contributed by atoms with Gasteiger partial charge >= 0.3 is 6.01 Å². The summed E-state index contributed by atoms with van der Waals surface area (Å²) in [5.41, 5.74) is 6.00. The highest BCUT2D eigenvalue weighted by atomic mass is 32.1. The number of rotatable bonds is 4. The number of thiocarbonyl (C=S) groups is 1. The first kappa shape index (κ1) is 11.2. The van der Waals surface area contributed by atoms with Gasteiger partial charge in [-0.25, -0.2) is 4.98 Å². The number of aromatic nitrogens is 2. The molecule has 2 rings (SSSR count). The molecule has 0 aromatic carbocycles. The maximum atomic E-state index is 5.47. The largest absolute Gasteiger partial charge is 0.463 e. The van der Waals surface area contributed by atoms with Crippen molar-refractivity contribution in [3.05, 3.63) is 18.0 Å². The Labute approximate surface area is 99.0 Å². The molecule has 0 bridgehead atoms. The molecule has 86 valence electrons. The zero-order valence-electron chi connectivity index (χ0n) is 8.76. The van der Waals surface area contributed by atoms with Gasteiger partial charge in [0.2, 0.25) is 0 Å². The molecule has 16 heavy (non-hydrogen) atoms. The Balaban J connectivity index is 1.93. The lowest BCUT2D eigenvalue weighted by Gasteiger charge is -2.08. The second kappa shape index (κ2) is 5.18. The summed E-state index contributed by atoms with van der Waals surface area (Å²) in [6, 6.07) is 1.98. The van der Waals surface area contributed by atoms with Crippen LogP contribution in [0.5, 0.6) is 6.01 Å². The third-order valence-electron chi connectivity index (χ3n) is 2.36. The summed E-state index contributed by atoms with van der Waals surface area (Å²) >= 11 is 4.83. The molecule has 1 aliphatic heterocycles. The normalized spacial score (nSPS) is 19.6. The molecule has 1 aromatic rings. The molecule has 1 atom stereocenters. The average molecular weight is 239 g/mol. The monoisotopic (exact) mass is 239 g/mol. The molecule has 0 amide bonds. The fourth-order valence-electron chi connectivity index (χ4n) is 1.45. The second-order valence-electron chi connectivity index (χ2n) is 3.63. The number of nitrogens with two attached hydrogens (primary N) is 1. The van der Waals surface area contributed by atoms with Crippen LogP contribution in [0.3, 0.4) is 0 Å². The van der Waals surface area contributed by atoms with Crippen molar-refractivity contribution in [3.63, 3.8) is 0 Å². The van der Waals surface area contributed by atoms with Crippen molar-refractivity contribution in [3.8, 4) is 6.01 Å². The van der Waals surface area contributed by atoms with Crippen LogP contribution < -0.4 is 10.5 Å². The minimum absolute atomic E-state index is 0.247. The van der Waals surface area contributed by atoms with Crippen LogP contribution in [0.25, 0.3) is 0 Å². The number of ether oxygens (including phenoxy) is 2. The smallest absolute Gasteiger partial charge is 0.316 e. The minimum Gasteiger partial charge on any atom is -0.463 e. The van der Waals surface area contributed by atoms with E-state index in [1.165, 1.54) is 0 Å². The van der Waals surface area contributed by atoms with E-state index in [1.54, 1.807) is 12.3 Å². The van der Waals surface area contributed by atoms with Crippen LogP contribution in [0.2, 0.25) is 0 Å². The van der Waals surface area contributed by atoms with Crippen molar-refractivity contribution in [1.82, 2.24) is 9.97 Å². The number of hydrogen-bond acceptors (Lipinski definition) is 5. The Bertz CT molecular complexity index is 380. The standard InChI is InChI=1S/C10H13N3O2S/c11-9(16)8-1-3-12-10(13-8)15-6-7-2-4-14-5-7/h1,3,7H,2,4-6H2,(H2,11,16). The quantitative estimate of drug-likeness (QED) is 0.773. The van der Waals surface area contributed by atoms with Crippen LogP contribution in [-0.4, -0.2) is 34.8 Å². The summed E-state index contributed by atoms with van der Waals surface area (Å²) in [5, 5.41) is 0. The van der Waals surface area contributed by atoms with Gasteiger partial charge < -0.3 is 15.2 Å². The molecule has 0 aliphatic carbocycles. The van der Waals surface area contributed by atoms with Crippen LogP contribution in [-0.2, 0) is 4.74 Å². The molecule has 2 N–H and O–H groups in total. The third-order valence-corrected chi connectivity index (χ3v) is 2.57. The summed E-state index contributed by atoms with van der Waals surface area (Å²) in [7, 11) is 0. The molecule has 1 saturated heterocycles. The summed E-state index contributed by atoms with van der Waals surface area (Å²) in [6.07, 6.45) is 2.61. The van der Waals surface area contributed by atoms with Gasteiger partial charge in [0, 0.05) is 18.7 Å². The summed E-state index contributed by atoms with van der Waals surface area (Å²) in [6.45, 7) is 2.12. The highest BCUT2D eigenvalue weighted by molar-refractivity contribution is 7.80. The molecule has 1 aromatic heterocycles. The van der Waals surface area contributed by atoms with Crippen molar-refractivity contribution in [2.24, 2.45) is 11.7 Å². The van der Waals surface area contributed by atoms with E-state index in [1.807, 2.05) is 0 Å². The lowest BCUT2D eigenvalue weighted by Crippen LogP contribution is -2.15. The molecular weight excluding hydrogens is 226 g/mol. The fourth-order valence-corrected chi connectivity index (χ4v) is 1.57. The highest BCUT2D eigenvalue weighted by Gasteiger charge is 2.16. The molecular formula is C10H13N3O2S. The van der Waals surface area contributed by atoms with Crippen molar-refractivity contribution in [1.29, 1.82) is 0 Å². The lowest BCUT2D eigenvalue weighted by atomic mass is 10.1. The van der Waals surface area contributed by atoms with E-state index >= 15 is 0 Å². The molecule has 5 nitrogen and oxygen atoms in total. The Morgan fingerprint density at radius 1 is 1.69 bits per heavy atom. The average Bonchev–Trinajstić information content (AvgIpc) is 2.79. The molecule has 6 heteroatoms. The van der Waals surface area contributed by atoms with Crippen LogP contribution >= 0.6 is 12.2 Å². The Morgan fingerprint density at radius 3 is 3.25 bits per heavy atom. The Kier molecular flexibility index (Phi) is 3.63. The SMILES string of the molecule is NC(=S)c1ccnc(OCC2CCOC2)n1. The maximum absolute atomic E-state index is 5.47. The predicted molar refractivity (Wildman–Crippen MR) is 62.3 cm³/mol. The van der Waals surface area contributed by atoms with Gasteiger partial charge in [-0.05, 0) is 12.5 Å². The summed E-state index contributed by atoms with van der Waals surface area (Å²) in [5.74, 6) is 0.428. The van der Waals surface area contributed by atoms with Gasteiger partial charge in [-0.1, -0.05) is 12.2 Å². The number of nitrogens with zero attached hydrogens (tertiary/aromatic N) is 2. The molecule has 2 heterocycles. The van der Waals surface area contributed by atoms with Gasteiger partial charge in [-0.3, -0.25) is 0 Å². The predicted octanol–water partition coefficient (Wildman–Crippen LogP) is 0.526. The summed E-state index contributed by atoms with van der Waals surface area (Å²) in [4.78, 5) is 8.33. The van der Waals surface area contributed by atoms with Gasteiger partial charge in [0.15, 0.2) is 0 Å². The topological polar surface area (TPSA) is 70.3 Å². The van der Waals surface area contributed by atoms with Crippen LogP contribution in [0, 0.1) is 5.92 Å². The first-order valence-corrected chi connectivity index (χ1v) is 5.50. The van der Waals surface area contributed by atoms with Gasteiger partial charge in [0.05, 0.1) is 13.2 Å². The van der Waals surface area contributed by atoms with Crippen LogP contribution in [0.1, 0.15) is 12.1 Å². The maximum Gasteiger partial charge on any atom is 0.316 e. The zero-order chi connectivity index (χ0) is 11.4. The van der Waals surface area contributed by atoms with E-state index in [4.69, 9.17) is 27.4 Å². The molecule has 1 unspecified atom stereocenters. The first-order valence-electron chi connectivity index (χ1n) is 5.09. The lowest BCUT2D eigenvalue weighted by molar-refractivity contribution is 0.163.